The second-order valence-electron chi connectivity index (χ2n) is 6.60. The molecule has 0 saturated carbocycles. The molecule has 0 radical (unpaired) electrons. The number of aryl methyl sites for hydroxylation is 1. The van der Waals surface area contributed by atoms with Crippen LogP contribution in [-0.2, 0) is 16.1 Å². The SMILES string of the molecule is CC(C)(C)C1NC(=O)CCN(CCCn2ccnc2)C1=O. The van der Waals surface area contributed by atoms with Gasteiger partial charge >= 0.3 is 0 Å². The summed E-state index contributed by atoms with van der Waals surface area (Å²) in [6.07, 6.45) is 6.66. The van der Waals surface area contributed by atoms with E-state index in [-0.39, 0.29) is 17.2 Å². The van der Waals surface area contributed by atoms with Crippen LogP contribution >= 0.6 is 0 Å². The number of amides is 2. The first-order valence-electron chi connectivity index (χ1n) is 7.42. The van der Waals surface area contributed by atoms with E-state index in [2.05, 4.69) is 10.3 Å². The van der Waals surface area contributed by atoms with Crippen molar-refractivity contribution >= 4 is 11.8 Å². The lowest BCUT2D eigenvalue weighted by molar-refractivity contribution is -0.136. The number of carbonyl (C=O) groups is 2. The number of aromatic nitrogens is 2. The van der Waals surface area contributed by atoms with Gasteiger partial charge < -0.3 is 14.8 Å². The van der Waals surface area contributed by atoms with Gasteiger partial charge in [0.2, 0.25) is 11.8 Å². The van der Waals surface area contributed by atoms with E-state index in [1.54, 1.807) is 12.5 Å². The van der Waals surface area contributed by atoms with E-state index in [1.807, 2.05) is 36.4 Å². The second kappa shape index (κ2) is 6.28. The molecule has 1 fully saturated rings. The molecule has 2 rings (SSSR count). The van der Waals surface area contributed by atoms with E-state index < -0.39 is 6.04 Å². The summed E-state index contributed by atoms with van der Waals surface area (Å²) in [6, 6.07) is -0.444. The first-order chi connectivity index (χ1) is 9.88. The standard InChI is InChI=1S/C15H24N4O2/c1-15(2,3)13-14(21)19(9-5-12(20)17-13)8-4-7-18-10-6-16-11-18/h6,10-11,13H,4-5,7-9H2,1-3H3,(H,17,20). The van der Waals surface area contributed by atoms with Crippen molar-refractivity contribution in [1.29, 1.82) is 0 Å². The predicted octanol–water partition coefficient (Wildman–Crippen LogP) is 1.04. The second-order valence-corrected chi connectivity index (χ2v) is 6.60. The van der Waals surface area contributed by atoms with Crippen molar-refractivity contribution < 1.29 is 9.59 Å². The maximum atomic E-state index is 12.6. The number of hydrogen-bond acceptors (Lipinski definition) is 3. The van der Waals surface area contributed by atoms with Gasteiger partial charge in [0.25, 0.3) is 0 Å². The first kappa shape index (κ1) is 15.5. The molecule has 6 nitrogen and oxygen atoms in total. The van der Waals surface area contributed by atoms with Crippen molar-refractivity contribution in [3.63, 3.8) is 0 Å². The molecule has 1 aromatic rings. The Balaban J connectivity index is 1.97. The summed E-state index contributed by atoms with van der Waals surface area (Å²) in [7, 11) is 0. The van der Waals surface area contributed by atoms with Gasteiger partial charge in [0, 0.05) is 38.4 Å². The molecule has 1 unspecified atom stereocenters. The van der Waals surface area contributed by atoms with Crippen LogP contribution in [0, 0.1) is 5.41 Å². The van der Waals surface area contributed by atoms with Crippen molar-refractivity contribution in [2.24, 2.45) is 5.41 Å². The number of nitrogens with one attached hydrogen (secondary N) is 1. The van der Waals surface area contributed by atoms with Crippen LogP contribution in [-0.4, -0.2) is 45.4 Å². The van der Waals surface area contributed by atoms with Gasteiger partial charge in [0.15, 0.2) is 0 Å². The molecule has 116 valence electrons. The fourth-order valence-electron chi connectivity index (χ4n) is 2.50. The highest BCUT2D eigenvalue weighted by molar-refractivity contribution is 5.90. The van der Waals surface area contributed by atoms with Gasteiger partial charge in [0.05, 0.1) is 6.33 Å². The average molecular weight is 292 g/mol. The van der Waals surface area contributed by atoms with Crippen molar-refractivity contribution in [1.82, 2.24) is 19.8 Å². The molecule has 1 aliphatic rings. The highest BCUT2D eigenvalue weighted by atomic mass is 16.2. The molecule has 1 aromatic heterocycles. The smallest absolute Gasteiger partial charge is 0.245 e. The van der Waals surface area contributed by atoms with E-state index in [1.165, 1.54) is 0 Å². The Hall–Kier alpha value is -1.85. The molecule has 2 amide bonds. The van der Waals surface area contributed by atoms with E-state index in [0.717, 1.165) is 13.0 Å². The monoisotopic (exact) mass is 292 g/mol. The normalized spacial score (nSPS) is 20.3. The zero-order valence-corrected chi connectivity index (χ0v) is 13.0. The zero-order chi connectivity index (χ0) is 15.5. The van der Waals surface area contributed by atoms with Gasteiger partial charge in [-0.3, -0.25) is 9.59 Å². The Kier molecular flexibility index (Phi) is 4.65. The van der Waals surface area contributed by atoms with Gasteiger partial charge in [0.1, 0.15) is 6.04 Å². The molecule has 0 aliphatic carbocycles. The summed E-state index contributed by atoms with van der Waals surface area (Å²) in [5.74, 6) is -0.0145. The van der Waals surface area contributed by atoms with Crippen LogP contribution in [0.2, 0.25) is 0 Å². The number of carbonyl (C=O) groups excluding carboxylic acids is 2. The van der Waals surface area contributed by atoms with Crippen LogP contribution in [0.3, 0.4) is 0 Å². The van der Waals surface area contributed by atoms with Crippen molar-refractivity contribution in [2.75, 3.05) is 13.1 Å². The summed E-state index contributed by atoms with van der Waals surface area (Å²) in [6.45, 7) is 7.92. The molecule has 1 saturated heterocycles. The van der Waals surface area contributed by atoms with Gasteiger partial charge in [-0.1, -0.05) is 20.8 Å². The molecule has 1 atom stereocenters. The van der Waals surface area contributed by atoms with Crippen LogP contribution < -0.4 is 5.32 Å². The highest BCUT2D eigenvalue weighted by Gasteiger charge is 2.37. The maximum Gasteiger partial charge on any atom is 0.245 e. The molecule has 1 N–H and O–H groups in total. The summed E-state index contributed by atoms with van der Waals surface area (Å²) in [4.78, 5) is 30.2. The van der Waals surface area contributed by atoms with Crippen LogP contribution in [0.15, 0.2) is 18.7 Å². The maximum absolute atomic E-state index is 12.6. The van der Waals surface area contributed by atoms with E-state index in [4.69, 9.17) is 0 Å². The molecule has 6 heteroatoms. The summed E-state index contributed by atoms with van der Waals surface area (Å²) in [5, 5.41) is 2.86. The fraction of sp³-hybridized carbons (Fsp3) is 0.667. The topological polar surface area (TPSA) is 67.2 Å². The minimum absolute atomic E-state index is 0.0268. The Bertz CT molecular complexity index is 490. The number of nitrogens with zero attached hydrogens (tertiary/aromatic N) is 3. The highest BCUT2D eigenvalue weighted by Crippen LogP contribution is 2.23. The first-order valence-corrected chi connectivity index (χ1v) is 7.42. The lowest BCUT2D eigenvalue weighted by Crippen LogP contribution is -2.52. The van der Waals surface area contributed by atoms with Gasteiger partial charge in [-0.25, -0.2) is 4.98 Å². The van der Waals surface area contributed by atoms with E-state index in [0.29, 0.717) is 19.5 Å². The summed E-state index contributed by atoms with van der Waals surface area (Å²) < 4.78 is 1.99. The number of imidazole rings is 1. The number of hydrogen-bond donors (Lipinski definition) is 1. The Morgan fingerprint density at radius 1 is 1.33 bits per heavy atom. The van der Waals surface area contributed by atoms with Gasteiger partial charge in [-0.2, -0.15) is 0 Å². The lowest BCUT2D eigenvalue weighted by Gasteiger charge is -2.32. The number of rotatable bonds is 4. The Morgan fingerprint density at radius 3 is 2.71 bits per heavy atom. The third-order valence-electron chi connectivity index (χ3n) is 3.74. The molecule has 1 aliphatic heterocycles. The fourth-order valence-corrected chi connectivity index (χ4v) is 2.50. The zero-order valence-electron chi connectivity index (χ0n) is 13.0. The van der Waals surface area contributed by atoms with Crippen molar-refractivity contribution in [3.05, 3.63) is 18.7 Å². The molecular weight excluding hydrogens is 268 g/mol. The molecule has 0 aromatic carbocycles. The largest absolute Gasteiger partial charge is 0.344 e. The third kappa shape index (κ3) is 4.06. The molecule has 2 heterocycles. The van der Waals surface area contributed by atoms with Crippen molar-refractivity contribution in [2.45, 2.75) is 46.2 Å². The third-order valence-corrected chi connectivity index (χ3v) is 3.74. The molecule has 0 bridgehead atoms. The minimum atomic E-state index is -0.444. The van der Waals surface area contributed by atoms with Crippen LogP contribution in [0.5, 0.6) is 0 Å². The summed E-state index contributed by atoms with van der Waals surface area (Å²) >= 11 is 0. The lowest BCUT2D eigenvalue weighted by atomic mass is 9.86. The van der Waals surface area contributed by atoms with E-state index >= 15 is 0 Å². The van der Waals surface area contributed by atoms with Crippen LogP contribution in [0.1, 0.15) is 33.6 Å². The Labute approximate surface area is 125 Å². The minimum Gasteiger partial charge on any atom is -0.344 e. The van der Waals surface area contributed by atoms with Gasteiger partial charge in [-0.15, -0.1) is 0 Å². The Morgan fingerprint density at radius 2 is 2.10 bits per heavy atom. The summed E-state index contributed by atoms with van der Waals surface area (Å²) in [5.41, 5.74) is -0.278. The van der Waals surface area contributed by atoms with Gasteiger partial charge in [-0.05, 0) is 11.8 Å². The average Bonchev–Trinajstić information content (AvgIpc) is 2.86. The van der Waals surface area contributed by atoms with Crippen LogP contribution in [0.4, 0.5) is 0 Å². The molecule has 0 spiro atoms. The molecule has 21 heavy (non-hydrogen) atoms. The predicted molar refractivity (Wildman–Crippen MR) is 79.4 cm³/mol. The molecular formula is C15H24N4O2. The van der Waals surface area contributed by atoms with Crippen molar-refractivity contribution in [3.8, 4) is 0 Å². The van der Waals surface area contributed by atoms with Crippen LogP contribution in [0.25, 0.3) is 0 Å². The quantitative estimate of drug-likeness (QED) is 0.901. The van der Waals surface area contributed by atoms with E-state index in [9.17, 15) is 9.59 Å².